The molecule has 1 aliphatic rings. The zero-order chi connectivity index (χ0) is 22.0. The Morgan fingerprint density at radius 3 is 2.45 bits per heavy atom. The predicted octanol–water partition coefficient (Wildman–Crippen LogP) is 4.40. The summed E-state index contributed by atoms with van der Waals surface area (Å²) < 4.78 is 10.7. The van der Waals surface area contributed by atoms with E-state index in [2.05, 4.69) is 5.16 Å². The highest BCUT2D eigenvalue weighted by Gasteiger charge is 2.48. The molecule has 2 heterocycles. The summed E-state index contributed by atoms with van der Waals surface area (Å²) in [7, 11) is 0. The summed E-state index contributed by atoms with van der Waals surface area (Å²) in [4.78, 5) is 27.2. The monoisotopic (exact) mass is 418 g/mol. The first-order chi connectivity index (χ1) is 15.0. The molecule has 7 nitrogen and oxygen atoms in total. The fourth-order valence-corrected chi connectivity index (χ4v) is 3.57. The van der Waals surface area contributed by atoms with Gasteiger partial charge in [-0.05, 0) is 43.2 Å². The van der Waals surface area contributed by atoms with Crippen molar-refractivity contribution in [2.24, 2.45) is 0 Å². The van der Waals surface area contributed by atoms with Crippen molar-refractivity contribution in [1.82, 2.24) is 5.16 Å². The quantitative estimate of drug-likeness (QED) is 0.362. The van der Waals surface area contributed by atoms with E-state index in [1.807, 2.05) is 25.1 Å². The van der Waals surface area contributed by atoms with Gasteiger partial charge in [0, 0.05) is 11.6 Å². The first-order valence-corrected chi connectivity index (χ1v) is 10.0. The molecule has 3 aromatic rings. The number of ether oxygens (including phenoxy) is 1. The molecule has 0 spiro atoms. The summed E-state index contributed by atoms with van der Waals surface area (Å²) in [6, 6.07) is 16.6. The van der Waals surface area contributed by atoms with Crippen LogP contribution in [0.1, 0.15) is 36.3 Å². The number of hydrogen-bond donors (Lipinski definition) is 1. The number of aromatic nitrogens is 1. The molecule has 1 amide bonds. The third kappa shape index (κ3) is 3.82. The maximum Gasteiger partial charge on any atom is 0.301 e. The fourth-order valence-electron chi connectivity index (χ4n) is 3.57. The fraction of sp³-hybridized carbons (Fsp3) is 0.208. The summed E-state index contributed by atoms with van der Waals surface area (Å²) in [6.45, 7) is 4.30. The van der Waals surface area contributed by atoms with Gasteiger partial charge in [-0.25, -0.2) is 0 Å². The number of Topliss-reactive ketones (excluding diaryl/α,β-unsaturated/α-hetero) is 1. The number of carbonyl (C=O) groups is 2. The lowest BCUT2D eigenvalue weighted by Crippen LogP contribution is -2.29. The number of aliphatic hydroxyl groups excluding tert-OH is 1. The lowest BCUT2D eigenvalue weighted by atomic mass is 9.95. The number of carbonyl (C=O) groups excluding carboxylic acids is 2. The van der Waals surface area contributed by atoms with Crippen LogP contribution in [-0.4, -0.2) is 28.6 Å². The molecular weight excluding hydrogens is 396 g/mol. The lowest BCUT2D eigenvalue weighted by molar-refractivity contribution is -0.132. The number of hydrogen-bond acceptors (Lipinski definition) is 6. The predicted molar refractivity (Wildman–Crippen MR) is 115 cm³/mol. The molecule has 0 radical (unpaired) electrons. The molecule has 31 heavy (non-hydrogen) atoms. The van der Waals surface area contributed by atoms with E-state index in [-0.39, 0.29) is 17.2 Å². The van der Waals surface area contributed by atoms with Crippen molar-refractivity contribution >= 4 is 23.3 Å². The Hall–Kier alpha value is -3.87. The maximum absolute atomic E-state index is 13.0. The Morgan fingerprint density at radius 1 is 1.13 bits per heavy atom. The van der Waals surface area contributed by atoms with Crippen LogP contribution >= 0.6 is 0 Å². The van der Waals surface area contributed by atoms with Crippen LogP contribution in [0.25, 0.3) is 5.76 Å². The maximum atomic E-state index is 13.0. The minimum absolute atomic E-state index is 0.000852. The molecule has 1 aliphatic heterocycles. The van der Waals surface area contributed by atoms with Gasteiger partial charge in [0.25, 0.3) is 5.78 Å². The molecule has 2 aromatic carbocycles. The molecule has 1 N–H and O–H groups in total. The van der Waals surface area contributed by atoms with Crippen LogP contribution in [0.5, 0.6) is 5.75 Å². The van der Waals surface area contributed by atoms with Crippen molar-refractivity contribution in [2.75, 3.05) is 11.5 Å². The smallest absolute Gasteiger partial charge is 0.301 e. The Balaban J connectivity index is 1.82. The minimum atomic E-state index is -0.832. The molecule has 158 valence electrons. The first-order valence-electron chi connectivity index (χ1n) is 10.0. The van der Waals surface area contributed by atoms with Crippen molar-refractivity contribution in [3.63, 3.8) is 0 Å². The molecule has 0 bridgehead atoms. The summed E-state index contributed by atoms with van der Waals surface area (Å²) in [6.07, 6.45) is 0.879. The average Bonchev–Trinajstić information content (AvgIpc) is 3.33. The van der Waals surface area contributed by atoms with E-state index >= 15 is 0 Å². The van der Waals surface area contributed by atoms with Crippen LogP contribution < -0.4 is 9.64 Å². The SMILES string of the molecule is CCCOc1ccc(/C(O)=C2\C(=O)C(=O)N(c3cc(C)on3)[C@@H]2c2ccccc2)cc1. The summed E-state index contributed by atoms with van der Waals surface area (Å²) in [5.41, 5.74) is 1.09. The van der Waals surface area contributed by atoms with Gasteiger partial charge in [-0.2, -0.15) is 0 Å². The lowest BCUT2D eigenvalue weighted by Gasteiger charge is -2.22. The minimum Gasteiger partial charge on any atom is -0.507 e. The average molecular weight is 418 g/mol. The highest BCUT2D eigenvalue weighted by Crippen LogP contribution is 2.41. The molecule has 0 aliphatic carbocycles. The molecule has 1 aromatic heterocycles. The number of benzene rings is 2. The van der Waals surface area contributed by atoms with Crippen LogP contribution in [0.15, 0.2) is 70.8 Å². The zero-order valence-electron chi connectivity index (χ0n) is 17.2. The van der Waals surface area contributed by atoms with Crippen LogP contribution in [0.4, 0.5) is 5.82 Å². The Kier molecular flexibility index (Phi) is 5.58. The van der Waals surface area contributed by atoms with Crippen LogP contribution in [0.3, 0.4) is 0 Å². The molecule has 1 saturated heterocycles. The summed E-state index contributed by atoms with van der Waals surface area (Å²) in [5.74, 6) is -0.416. The van der Waals surface area contributed by atoms with Crippen LogP contribution in [0.2, 0.25) is 0 Å². The van der Waals surface area contributed by atoms with Crippen LogP contribution in [-0.2, 0) is 9.59 Å². The number of aryl methyl sites for hydroxylation is 1. The van der Waals surface area contributed by atoms with Gasteiger partial charge < -0.3 is 14.4 Å². The van der Waals surface area contributed by atoms with Crippen molar-refractivity contribution in [2.45, 2.75) is 26.3 Å². The molecule has 4 rings (SSSR count). The number of rotatable bonds is 6. The number of ketones is 1. The molecule has 7 heteroatoms. The van der Waals surface area contributed by atoms with Gasteiger partial charge in [-0.15, -0.1) is 0 Å². The van der Waals surface area contributed by atoms with E-state index in [9.17, 15) is 14.7 Å². The van der Waals surface area contributed by atoms with Gasteiger partial charge in [-0.3, -0.25) is 14.5 Å². The Morgan fingerprint density at radius 2 is 1.84 bits per heavy atom. The number of anilines is 1. The van der Waals surface area contributed by atoms with E-state index in [0.717, 1.165) is 6.42 Å². The number of nitrogens with zero attached hydrogens (tertiary/aromatic N) is 2. The van der Waals surface area contributed by atoms with Crippen molar-refractivity contribution < 1.29 is 24.0 Å². The standard InChI is InChI=1S/C24H22N2O5/c1-3-13-30-18-11-9-17(10-12-18)22(27)20-21(16-7-5-4-6-8-16)26(24(29)23(20)28)19-14-15(2)31-25-19/h4-12,14,21,27H,3,13H2,1-2H3/b22-20+/t21-/m1/s1. The highest BCUT2D eigenvalue weighted by atomic mass is 16.5. The second kappa shape index (κ2) is 8.47. The van der Waals surface area contributed by atoms with Gasteiger partial charge >= 0.3 is 5.91 Å². The summed E-state index contributed by atoms with van der Waals surface area (Å²) >= 11 is 0. The van der Waals surface area contributed by atoms with Crippen LogP contribution in [0, 0.1) is 6.92 Å². The highest BCUT2D eigenvalue weighted by molar-refractivity contribution is 6.51. The largest absolute Gasteiger partial charge is 0.507 e. The van der Waals surface area contributed by atoms with E-state index in [1.165, 1.54) is 4.90 Å². The third-order valence-corrected chi connectivity index (χ3v) is 5.02. The van der Waals surface area contributed by atoms with Gasteiger partial charge in [0.05, 0.1) is 18.2 Å². The van der Waals surface area contributed by atoms with Gasteiger partial charge in [-0.1, -0.05) is 42.4 Å². The molecule has 0 unspecified atom stereocenters. The normalized spacial score (nSPS) is 17.9. The van der Waals surface area contributed by atoms with E-state index in [4.69, 9.17) is 9.26 Å². The van der Waals surface area contributed by atoms with Crippen molar-refractivity contribution in [3.05, 3.63) is 83.1 Å². The van der Waals surface area contributed by atoms with Gasteiger partial charge in [0.1, 0.15) is 17.3 Å². The second-order valence-corrected chi connectivity index (χ2v) is 7.25. The zero-order valence-corrected chi connectivity index (χ0v) is 17.2. The van der Waals surface area contributed by atoms with Crippen molar-refractivity contribution in [3.8, 4) is 5.75 Å². The first kappa shape index (κ1) is 20.4. The molecule has 1 atom stereocenters. The van der Waals surface area contributed by atoms with E-state index in [1.54, 1.807) is 49.4 Å². The Labute approximate surface area is 179 Å². The van der Waals surface area contributed by atoms with Crippen molar-refractivity contribution in [1.29, 1.82) is 0 Å². The Bertz CT molecular complexity index is 1130. The number of amides is 1. The van der Waals surface area contributed by atoms with E-state index < -0.39 is 17.7 Å². The van der Waals surface area contributed by atoms with Gasteiger partial charge in [0.15, 0.2) is 5.82 Å². The molecular formula is C24H22N2O5. The molecule has 0 saturated carbocycles. The second-order valence-electron chi connectivity index (χ2n) is 7.25. The van der Waals surface area contributed by atoms with Gasteiger partial charge in [0.2, 0.25) is 0 Å². The number of aliphatic hydroxyl groups is 1. The topological polar surface area (TPSA) is 92.9 Å². The van der Waals surface area contributed by atoms with E-state index in [0.29, 0.717) is 29.2 Å². The molecule has 1 fully saturated rings. The third-order valence-electron chi connectivity index (χ3n) is 5.02. The summed E-state index contributed by atoms with van der Waals surface area (Å²) in [5, 5.41) is 15.0.